The van der Waals surface area contributed by atoms with Gasteiger partial charge in [0.1, 0.15) is 11.6 Å². The second-order valence-corrected chi connectivity index (χ2v) is 8.82. The summed E-state index contributed by atoms with van der Waals surface area (Å²) in [5.41, 5.74) is 0.204. The Balaban J connectivity index is 1.97. The van der Waals surface area contributed by atoms with Gasteiger partial charge < -0.3 is 9.30 Å². The molecule has 9 heteroatoms. The molecule has 2 heterocycles. The predicted octanol–water partition coefficient (Wildman–Crippen LogP) is 2.42. The molecule has 0 saturated carbocycles. The number of rotatable bonds is 5. The van der Waals surface area contributed by atoms with Crippen LogP contribution >= 0.6 is 11.6 Å². The van der Waals surface area contributed by atoms with Crippen LogP contribution in [0.3, 0.4) is 0 Å². The Morgan fingerprint density at radius 1 is 1.40 bits per heavy atom. The minimum Gasteiger partial charge on any atom is -0.379 e. The Hall–Kier alpha value is -1.48. The highest BCUT2D eigenvalue weighted by atomic mass is 35.5. The maximum atomic E-state index is 14.3. The lowest BCUT2D eigenvalue weighted by atomic mass is 10.1. The number of aromatic nitrogens is 2. The molecule has 25 heavy (non-hydrogen) atoms. The van der Waals surface area contributed by atoms with E-state index >= 15 is 0 Å². The fraction of sp³-hybridized carbons (Fsp3) is 0.438. The monoisotopic (exact) mass is 387 g/mol. The zero-order valence-corrected chi connectivity index (χ0v) is 15.5. The first-order valence-corrected chi connectivity index (χ1v) is 9.75. The van der Waals surface area contributed by atoms with Crippen LogP contribution in [0.15, 0.2) is 30.6 Å². The van der Waals surface area contributed by atoms with Gasteiger partial charge in [0.05, 0.1) is 35.6 Å². The average molecular weight is 388 g/mol. The molecule has 1 aromatic heterocycles. The van der Waals surface area contributed by atoms with Crippen LogP contribution in [0.4, 0.5) is 4.39 Å². The zero-order chi connectivity index (χ0) is 18.2. The third kappa shape index (κ3) is 3.57. The first-order valence-electron chi connectivity index (χ1n) is 7.76. The van der Waals surface area contributed by atoms with Crippen molar-refractivity contribution in [3.05, 3.63) is 41.4 Å². The molecule has 0 radical (unpaired) electrons. The van der Waals surface area contributed by atoms with Crippen molar-refractivity contribution in [1.82, 2.24) is 13.9 Å². The van der Waals surface area contributed by atoms with E-state index in [9.17, 15) is 12.8 Å². The molecular formula is C16H19ClFN3O3S. The van der Waals surface area contributed by atoms with Crippen LogP contribution in [-0.2, 0) is 14.8 Å². The molecule has 0 unspecified atom stereocenters. The van der Waals surface area contributed by atoms with E-state index in [0.29, 0.717) is 19.0 Å². The van der Waals surface area contributed by atoms with E-state index in [-0.39, 0.29) is 28.3 Å². The number of halogens is 2. The summed E-state index contributed by atoms with van der Waals surface area (Å²) < 4.78 is 47.2. The second-order valence-electron chi connectivity index (χ2n) is 6.18. The highest BCUT2D eigenvalue weighted by Crippen LogP contribution is 2.35. The number of hydrogen-bond donors (Lipinski definition) is 0. The fourth-order valence-electron chi connectivity index (χ4n) is 2.96. The molecule has 2 atom stereocenters. The normalized spacial score (nSPS) is 21.2. The lowest BCUT2D eigenvalue weighted by Crippen LogP contribution is -2.32. The number of hydrogen-bond acceptors (Lipinski definition) is 4. The summed E-state index contributed by atoms with van der Waals surface area (Å²) in [5, 5.41) is 0.254. The van der Waals surface area contributed by atoms with Crippen LogP contribution in [0.5, 0.6) is 0 Å². The summed E-state index contributed by atoms with van der Waals surface area (Å²) in [6, 6.07) is 4.18. The van der Waals surface area contributed by atoms with E-state index < -0.39 is 15.8 Å². The first kappa shape index (κ1) is 18.3. The van der Waals surface area contributed by atoms with Crippen LogP contribution in [0.1, 0.15) is 6.04 Å². The molecule has 1 saturated heterocycles. The van der Waals surface area contributed by atoms with E-state index in [1.807, 2.05) is 0 Å². The van der Waals surface area contributed by atoms with Gasteiger partial charge in [-0.2, -0.15) is 0 Å². The van der Waals surface area contributed by atoms with Gasteiger partial charge in [-0.15, -0.1) is 0 Å². The first-order chi connectivity index (χ1) is 11.8. The number of ether oxygens (including phenoxy) is 1. The van der Waals surface area contributed by atoms with Crippen molar-refractivity contribution < 1.29 is 17.5 Å². The second kappa shape index (κ2) is 7.03. The third-order valence-electron chi connectivity index (χ3n) is 4.36. The molecule has 0 N–H and O–H groups in total. The van der Waals surface area contributed by atoms with E-state index in [1.165, 1.54) is 30.5 Å². The predicted molar refractivity (Wildman–Crippen MR) is 93.5 cm³/mol. The number of sulfonamides is 1. The van der Waals surface area contributed by atoms with Crippen molar-refractivity contribution in [1.29, 1.82) is 0 Å². The zero-order valence-electron chi connectivity index (χ0n) is 13.9. The van der Waals surface area contributed by atoms with Crippen molar-refractivity contribution in [2.75, 3.05) is 33.1 Å². The maximum Gasteiger partial charge on any atom is 0.214 e. The minimum atomic E-state index is -3.38. The van der Waals surface area contributed by atoms with Crippen LogP contribution < -0.4 is 0 Å². The van der Waals surface area contributed by atoms with Gasteiger partial charge >= 0.3 is 0 Å². The van der Waals surface area contributed by atoms with Crippen LogP contribution in [-0.4, -0.2) is 55.3 Å². The molecule has 1 aromatic carbocycles. The highest BCUT2D eigenvalue weighted by molar-refractivity contribution is 7.89. The molecule has 1 aliphatic heterocycles. The van der Waals surface area contributed by atoms with Crippen molar-refractivity contribution in [2.45, 2.75) is 6.04 Å². The molecule has 0 aliphatic carbocycles. The number of imidazole rings is 1. The number of nitrogens with zero attached hydrogens (tertiary/aromatic N) is 3. The van der Waals surface area contributed by atoms with E-state index in [1.54, 1.807) is 23.0 Å². The van der Waals surface area contributed by atoms with Gasteiger partial charge in [-0.05, 0) is 12.1 Å². The van der Waals surface area contributed by atoms with Gasteiger partial charge in [0.2, 0.25) is 10.0 Å². The van der Waals surface area contributed by atoms with Gasteiger partial charge in [0, 0.05) is 32.4 Å². The molecule has 0 spiro atoms. The molecule has 6 nitrogen and oxygen atoms in total. The van der Waals surface area contributed by atoms with E-state index in [0.717, 1.165) is 0 Å². The fourth-order valence-corrected chi connectivity index (χ4v) is 4.36. The van der Waals surface area contributed by atoms with Crippen LogP contribution in [0.2, 0.25) is 5.02 Å². The molecule has 1 fully saturated rings. The van der Waals surface area contributed by atoms with E-state index in [4.69, 9.17) is 16.3 Å². The standard InChI is InChI=1S/C16H19ClFN3O3S/c1-20(2)25(22,23)10-11-8-24-9-14(11)21-7-6-19-16(21)15-12(17)4-3-5-13(15)18/h3-7,11,14H,8-10H2,1-2H3/t11-,14-/m1/s1. The molecular weight excluding hydrogens is 369 g/mol. The summed E-state index contributed by atoms with van der Waals surface area (Å²) in [5.74, 6) is -0.416. The lowest BCUT2D eigenvalue weighted by molar-refractivity contribution is 0.182. The van der Waals surface area contributed by atoms with Gasteiger partial charge in [-0.3, -0.25) is 0 Å². The molecule has 3 rings (SSSR count). The van der Waals surface area contributed by atoms with Crippen molar-refractivity contribution in [3.63, 3.8) is 0 Å². The molecule has 136 valence electrons. The Bertz CT molecular complexity index is 849. The summed E-state index contributed by atoms with van der Waals surface area (Å²) in [6.07, 6.45) is 3.25. The number of benzene rings is 1. The van der Waals surface area contributed by atoms with Crippen LogP contribution in [0.25, 0.3) is 11.4 Å². The lowest BCUT2D eigenvalue weighted by Gasteiger charge is -2.23. The largest absolute Gasteiger partial charge is 0.379 e. The average Bonchev–Trinajstić information content (AvgIpc) is 3.15. The molecule has 1 aliphatic rings. The smallest absolute Gasteiger partial charge is 0.214 e. The molecule has 0 amide bonds. The summed E-state index contributed by atoms with van der Waals surface area (Å²) in [4.78, 5) is 4.24. The van der Waals surface area contributed by atoms with Gasteiger partial charge in [-0.25, -0.2) is 22.1 Å². The Labute approximate surface area is 151 Å². The van der Waals surface area contributed by atoms with Gasteiger partial charge in [-0.1, -0.05) is 17.7 Å². The summed E-state index contributed by atoms with van der Waals surface area (Å²) in [6.45, 7) is 0.656. The summed E-state index contributed by atoms with van der Waals surface area (Å²) in [7, 11) is -0.376. The van der Waals surface area contributed by atoms with Gasteiger partial charge in [0.25, 0.3) is 0 Å². The SMILES string of the molecule is CN(C)S(=O)(=O)C[C@H]1COC[C@H]1n1ccnc1-c1c(F)cccc1Cl. The quantitative estimate of drug-likeness (QED) is 0.790. The summed E-state index contributed by atoms with van der Waals surface area (Å²) >= 11 is 6.16. The van der Waals surface area contributed by atoms with E-state index in [2.05, 4.69) is 4.98 Å². The van der Waals surface area contributed by atoms with Crippen molar-refractivity contribution >= 4 is 21.6 Å². The maximum absolute atomic E-state index is 14.3. The molecule has 2 aromatic rings. The van der Waals surface area contributed by atoms with Crippen molar-refractivity contribution in [2.24, 2.45) is 5.92 Å². The Morgan fingerprint density at radius 2 is 2.16 bits per heavy atom. The van der Waals surface area contributed by atoms with Crippen molar-refractivity contribution in [3.8, 4) is 11.4 Å². The van der Waals surface area contributed by atoms with Gasteiger partial charge in [0.15, 0.2) is 0 Å². The topological polar surface area (TPSA) is 64.4 Å². The highest BCUT2D eigenvalue weighted by Gasteiger charge is 2.35. The Morgan fingerprint density at radius 3 is 2.84 bits per heavy atom. The third-order valence-corrected chi connectivity index (χ3v) is 6.64. The Kier molecular flexibility index (Phi) is 5.15. The molecule has 0 bridgehead atoms. The van der Waals surface area contributed by atoms with Crippen LogP contribution in [0, 0.1) is 11.7 Å². The minimum absolute atomic E-state index is 0.0483.